The van der Waals surface area contributed by atoms with E-state index in [1.807, 2.05) is 69.3 Å². The highest BCUT2D eigenvalue weighted by atomic mass is 32.1. The van der Waals surface area contributed by atoms with Crippen molar-refractivity contribution in [2.75, 3.05) is 11.9 Å². The van der Waals surface area contributed by atoms with Crippen LogP contribution in [0.4, 0.5) is 5.69 Å². The Bertz CT molecular complexity index is 718. The molecule has 0 radical (unpaired) electrons. The number of ether oxygens (including phenoxy) is 2. The standard InChI is InChI=1S/C19H23N3O2S/c1-4-23-18-12-15(10-11-17(18)24-14(2)3)13-20-22-19(25)21-16-8-6-5-7-9-16/h5-14H,4H2,1-3H3,(H2,21,22,25)/b20-13+. The van der Waals surface area contributed by atoms with Crippen LogP contribution in [0.15, 0.2) is 53.6 Å². The van der Waals surface area contributed by atoms with Crippen LogP contribution in [0.2, 0.25) is 0 Å². The number of anilines is 1. The second-order valence-electron chi connectivity index (χ2n) is 5.50. The molecule has 0 amide bonds. The second kappa shape index (κ2) is 9.64. The van der Waals surface area contributed by atoms with Crippen molar-refractivity contribution in [2.24, 2.45) is 5.10 Å². The smallest absolute Gasteiger partial charge is 0.191 e. The van der Waals surface area contributed by atoms with Crippen LogP contribution in [-0.2, 0) is 0 Å². The lowest BCUT2D eigenvalue weighted by Crippen LogP contribution is -2.23. The zero-order valence-electron chi connectivity index (χ0n) is 14.7. The van der Waals surface area contributed by atoms with Gasteiger partial charge in [-0.2, -0.15) is 5.10 Å². The van der Waals surface area contributed by atoms with E-state index in [-0.39, 0.29) is 6.10 Å². The molecule has 0 aliphatic heterocycles. The molecule has 25 heavy (non-hydrogen) atoms. The van der Waals surface area contributed by atoms with Gasteiger partial charge in [0.15, 0.2) is 16.6 Å². The summed E-state index contributed by atoms with van der Waals surface area (Å²) in [6.45, 7) is 6.47. The Balaban J connectivity index is 1.97. The van der Waals surface area contributed by atoms with Gasteiger partial charge in [-0.1, -0.05) is 18.2 Å². The van der Waals surface area contributed by atoms with Crippen molar-refractivity contribution in [3.05, 3.63) is 54.1 Å². The van der Waals surface area contributed by atoms with E-state index in [0.717, 1.165) is 17.0 Å². The number of para-hydroxylation sites is 1. The van der Waals surface area contributed by atoms with Gasteiger partial charge in [0, 0.05) is 5.69 Å². The molecular formula is C19H23N3O2S. The highest BCUT2D eigenvalue weighted by Gasteiger charge is 2.07. The van der Waals surface area contributed by atoms with Crippen molar-refractivity contribution in [3.63, 3.8) is 0 Å². The minimum absolute atomic E-state index is 0.0850. The van der Waals surface area contributed by atoms with Crippen molar-refractivity contribution in [3.8, 4) is 11.5 Å². The number of hydrogen-bond donors (Lipinski definition) is 2. The molecule has 0 aliphatic carbocycles. The molecule has 0 saturated carbocycles. The largest absolute Gasteiger partial charge is 0.490 e. The first-order valence-corrected chi connectivity index (χ1v) is 8.58. The van der Waals surface area contributed by atoms with Crippen LogP contribution >= 0.6 is 12.2 Å². The summed E-state index contributed by atoms with van der Waals surface area (Å²) in [6.07, 6.45) is 1.77. The Kier molecular flexibility index (Phi) is 7.22. The first-order chi connectivity index (χ1) is 12.1. The van der Waals surface area contributed by atoms with E-state index in [9.17, 15) is 0 Å². The molecule has 0 spiro atoms. The van der Waals surface area contributed by atoms with Gasteiger partial charge in [-0.05, 0) is 68.9 Å². The average molecular weight is 357 g/mol. The van der Waals surface area contributed by atoms with E-state index in [2.05, 4.69) is 15.8 Å². The second-order valence-corrected chi connectivity index (χ2v) is 5.90. The number of thiocarbonyl (C=S) groups is 1. The molecule has 0 saturated heterocycles. The maximum absolute atomic E-state index is 5.75. The van der Waals surface area contributed by atoms with Crippen LogP contribution in [0.5, 0.6) is 11.5 Å². The fourth-order valence-electron chi connectivity index (χ4n) is 2.07. The van der Waals surface area contributed by atoms with Crippen LogP contribution in [0.3, 0.4) is 0 Å². The fraction of sp³-hybridized carbons (Fsp3) is 0.263. The predicted octanol–water partition coefficient (Wildman–Crippen LogP) is 4.19. The normalized spacial score (nSPS) is 10.7. The third-order valence-electron chi connectivity index (χ3n) is 3.04. The molecule has 0 fully saturated rings. The lowest BCUT2D eigenvalue weighted by molar-refractivity contribution is 0.224. The van der Waals surface area contributed by atoms with Crippen molar-refractivity contribution >= 4 is 29.2 Å². The number of hydrogen-bond acceptors (Lipinski definition) is 4. The van der Waals surface area contributed by atoms with Crippen molar-refractivity contribution in [1.82, 2.24) is 5.43 Å². The molecule has 2 aromatic rings. The first-order valence-electron chi connectivity index (χ1n) is 8.17. The molecule has 0 aliphatic rings. The minimum Gasteiger partial charge on any atom is -0.490 e. The number of nitrogens with zero attached hydrogens (tertiary/aromatic N) is 1. The van der Waals surface area contributed by atoms with E-state index in [4.69, 9.17) is 21.7 Å². The molecule has 6 heteroatoms. The molecule has 5 nitrogen and oxygen atoms in total. The quantitative estimate of drug-likeness (QED) is 0.442. The molecule has 0 bridgehead atoms. The summed E-state index contributed by atoms with van der Waals surface area (Å²) < 4.78 is 11.4. The number of nitrogens with one attached hydrogen (secondary N) is 2. The zero-order chi connectivity index (χ0) is 18.1. The van der Waals surface area contributed by atoms with Gasteiger partial charge in [0.05, 0.1) is 18.9 Å². The van der Waals surface area contributed by atoms with Gasteiger partial charge in [0.2, 0.25) is 0 Å². The first kappa shape index (κ1) is 18.7. The fourth-order valence-corrected chi connectivity index (χ4v) is 2.24. The third-order valence-corrected chi connectivity index (χ3v) is 3.24. The summed E-state index contributed by atoms with van der Waals surface area (Å²) in [5.74, 6) is 1.42. The number of hydrazone groups is 1. The van der Waals surface area contributed by atoms with Gasteiger partial charge >= 0.3 is 0 Å². The molecule has 0 unspecified atom stereocenters. The lowest BCUT2D eigenvalue weighted by atomic mass is 10.2. The van der Waals surface area contributed by atoms with Crippen LogP contribution in [-0.4, -0.2) is 24.0 Å². The number of benzene rings is 2. The van der Waals surface area contributed by atoms with E-state index in [1.54, 1.807) is 6.21 Å². The molecule has 132 valence electrons. The Labute approximate surface area is 154 Å². The van der Waals surface area contributed by atoms with Gasteiger partial charge in [0.1, 0.15) is 0 Å². The highest BCUT2D eigenvalue weighted by molar-refractivity contribution is 7.80. The Hall–Kier alpha value is -2.60. The van der Waals surface area contributed by atoms with E-state index in [1.165, 1.54) is 0 Å². The maximum Gasteiger partial charge on any atom is 0.191 e. The van der Waals surface area contributed by atoms with Crippen LogP contribution in [0, 0.1) is 0 Å². The highest BCUT2D eigenvalue weighted by Crippen LogP contribution is 2.28. The predicted molar refractivity (Wildman–Crippen MR) is 107 cm³/mol. The SMILES string of the molecule is CCOc1cc(/C=N/NC(=S)Nc2ccccc2)ccc1OC(C)C. The van der Waals surface area contributed by atoms with E-state index < -0.39 is 0 Å². The Morgan fingerprint density at radius 1 is 1.16 bits per heavy atom. The van der Waals surface area contributed by atoms with Crippen LogP contribution in [0.25, 0.3) is 0 Å². The van der Waals surface area contributed by atoms with Crippen molar-refractivity contribution in [1.29, 1.82) is 0 Å². The monoisotopic (exact) mass is 357 g/mol. The summed E-state index contributed by atoms with van der Waals surface area (Å²) in [4.78, 5) is 0. The zero-order valence-corrected chi connectivity index (χ0v) is 15.5. The summed E-state index contributed by atoms with van der Waals surface area (Å²) in [6, 6.07) is 15.4. The average Bonchev–Trinajstić information content (AvgIpc) is 2.58. The summed E-state index contributed by atoms with van der Waals surface area (Å²) in [5, 5.41) is 7.63. The van der Waals surface area contributed by atoms with Crippen LogP contribution < -0.4 is 20.2 Å². The molecule has 2 rings (SSSR count). The molecule has 0 aromatic heterocycles. The summed E-state index contributed by atoms with van der Waals surface area (Å²) in [7, 11) is 0. The molecular weight excluding hydrogens is 334 g/mol. The molecule has 0 heterocycles. The Morgan fingerprint density at radius 2 is 1.92 bits per heavy atom. The van der Waals surface area contributed by atoms with Crippen LogP contribution in [0.1, 0.15) is 26.3 Å². The summed E-state index contributed by atoms with van der Waals surface area (Å²) >= 11 is 5.21. The molecule has 2 N–H and O–H groups in total. The summed E-state index contributed by atoms with van der Waals surface area (Å²) in [5.41, 5.74) is 4.59. The topological polar surface area (TPSA) is 54.9 Å². The maximum atomic E-state index is 5.75. The van der Waals surface area contributed by atoms with Crippen molar-refractivity contribution < 1.29 is 9.47 Å². The van der Waals surface area contributed by atoms with Gasteiger partial charge in [-0.15, -0.1) is 0 Å². The van der Waals surface area contributed by atoms with E-state index >= 15 is 0 Å². The third kappa shape index (κ3) is 6.43. The number of rotatable bonds is 7. The van der Waals surface area contributed by atoms with Crippen molar-refractivity contribution in [2.45, 2.75) is 26.9 Å². The van der Waals surface area contributed by atoms with Gasteiger partial charge in [-0.3, -0.25) is 5.43 Å². The van der Waals surface area contributed by atoms with Gasteiger partial charge < -0.3 is 14.8 Å². The lowest BCUT2D eigenvalue weighted by Gasteiger charge is -2.14. The molecule has 0 atom stereocenters. The van der Waals surface area contributed by atoms with E-state index in [0.29, 0.717) is 17.5 Å². The van der Waals surface area contributed by atoms with Gasteiger partial charge in [0.25, 0.3) is 0 Å². The molecule has 2 aromatic carbocycles. The minimum atomic E-state index is 0.0850. The van der Waals surface area contributed by atoms with Gasteiger partial charge in [-0.25, -0.2) is 0 Å². The Morgan fingerprint density at radius 3 is 2.60 bits per heavy atom.